The number of fused-ring (bicyclic) bond motifs is 1. The first kappa shape index (κ1) is 21.8. The quantitative estimate of drug-likeness (QED) is 0.447. The van der Waals surface area contributed by atoms with Crippen LogP contribution in [-0.4, -0.2) is 48.7 Å². The second kappa shape index (κ2) is 8.23. The fourth-order valence-electron chi connectivity index (χ4n) is 4.61. The maximum Gasteiger partial charge on any atom is 0.293 e. The lowest BCUT2D eigenvalue weighted by Gasteiger charge is -2.36. The lowest BCUT2D eigenvalue weighted by molar-refractivity contribution is -0.0178. The molecule has 10 heteroatoms. The van der Waals surface area contributed by atoms with E-state index in [0.29, 0.717) is 41.7 Å². The second-order valence-corrected chi connectivity index (χ2v) is 9.52. The molecule has 4 heterocycles. The molecule has 2 aliphatic rings. The number of aromatic nitrogens is 6. The largest absolute Gasteiger partial charge is 0.367 e. The molecule has 4 aromatic rings. The molecule has 1 aliphatic heterocycles. The van der Waals surface area contributed by atoms with Crippen LogP contribution in [0.2, 0.25) is 0 Å². The molecular formula is C25H26FN7O2. The summed E-state index contributed by atoms with van der Waals surface area (Å²) < 4.78 is 24.5. The Morgan fingerprint density at radius 1 is 1.11 bits per heavy atom. The minimum absolute atomic E-state index is 0.0999. The van der Waals surface area contributed by atoms with E-state index in [1.165, 1.54) is 16.9 Å². The summed E-state index contributed by atoms with van der Waals surface area (Å²) in [5, 5.41) is 9.05. The smallest absolute Gasteiger partial charge is 0.293 e. The highest BCUT2D eigenvalue weighted by Crippen LogP contribution is 2.36. The zero-order valence-electron chi connectivity index (χ0n) is 19.8. The first-order valence-corrected chi connectivity index (χ1v) is 11.8. The summed E-state index contributed by atoms with van der Waals surface area (Å²) in [6, 6.07) is 5.46. The molecule has 0 spiro atoms. The Kier molecular flexibility index (Phi) is 5.14. The predicted octanol–water partition coefficient (Wildman–Crippen LogP) is 3.34. The molecule has 1 saturated carbocycles. The molecule has 0 unspecified atom stereocenters. The van der Waals surface area contributed by atoms with Crippen LogP contribution in [0, 0.1) is 12.7 Å². The second-order valence-electron chi connectivity index (χ2n) is 9.52. The molecule has 1 aromatic carbocycles. The highest BCUT2D eigenvalue weighted by atomic mass is 19.1. The zero-order valence-corrected chi connectivity index (χ0v) is 19.8. The van der Waals surface area contributed by atoms with Gasteiger partial charge in [0.2, 0.25) is 5.95 Å². The molecule has 0 radical (unpaired) electrons. The number of nitrogens with zero attached hydrogens (tertiary/aromatic N) is 7. The molecule has 180 valence electrons. The average molecular weight is 476 g/mol. The van der Waals surface area contributed by atoms with Gasteiger partial charge in [0.05, 0.1) is 42.2 Å². The highest BCUT2D eigenvalue weighted by molar-refractivity contribution is 5.92. The topological polar surface area (TPSA) is 91.0 Å². The van der Waals surface area contributed by atoms with Gasteiger partial charge in [-0.3, -0.25) is 9.48 Å². The van der Waals surface area contributed by atoms with Crippen LogP contribution in [0.3, 0.4) is 0 Å². The lowest BCUT2D eigenvalue weighted by atomic mass is 10.1. The Labute approximate surface area is 201 Å². The predicted molar refractivity (Wildman–Crippen MR) is 129 cm³/mol. The van der Waals surface area contributed by atoms with Gasteiger partial charge in [0, 0.05) is 30.9 Å². The van der Waals surface area contributed by atoms with Crippen molar-refractivity contribution < 1.29 is 9.13 Å². The number of ether oxygens (including phenoxy) is 1. The van der Waals surface area contributed by atoms with E-state index >= 15 is 4.39 Å². The highest BCUT2D eigenvalue weighted by Gasteiger charge is 2.31. The van der Waals surface area contributed by atoms with E-state index in [4.69, 9.17) is 9.72 Å². The number of rotatable bonds is 4. The maximum absolute atomic E-state index is 15.0. The van der Waals surface area contributed by atoms with Crippen LogP contribution in [0.5, 0.6) is 0 Å². The number of benzene rings is 1. The van der Waals surface area contributed by atoms with E-state index in [1.54, 1.807) is 13.1 Å². The Balaban J connectivity index is 1.45. The Hall–Kier alpha value is -3.66. The van der Waals surface area contributed by atoms with Crippen molar-refractivity contribution in [2.75, 3.05) is 18.0 Å². The van der Waals surface area contributed by atoms with E-state index in [2.05, 4.69) is 15.2 Å². The number of hydrogen-bond donors (Lipinski definition) is 0. The molecule has 1 saturated heterocycles. The van der Waals surface area contributed by atoms with Crippen LogP contribution in [0.1, 0.15) is 43.0 Å². The zero-order chi connectivity index (χ0) is 24.3. The fraction of sp³-hybridized carbons (Fsp3) is 0.400. The van der Waals surface area contributed by atoms with Crippen LogP contribution in [0.4, 0.5) is 10.3 Å². The molecule has 0 amide bonds. The minimum Gasteiger partial charge on any atom is -0.367 e. The van der Waals surface area contributed by atoms with Gasteiger partial charge >= 0.3 is 0 Å². The first-order valence-electron chi connectivity index (χ1n) is 11.8. The van der Waals surface area contributed by atoms with Crippen LogP contribution in [-0.2, 0) is 11.8 Å². The van der Waals surface area contributed by atoms with Gasteiger partial charge in [-0.25, -0.2) is 19.0 Å². The maximum atomic E-state index is 15.0. The van der Waals surface area contributed by atoms with E-state index in [0.717, 1.165) is 24.0 Å². The molecule has 6 rings (SSSR count). The van der Waals surface area contributed by atoms with Crippen LogP contribution < -0.4 is 10.5 Å². The van der Waals surface area contributed by atoms with Crippen molar-refractivity contribution in [2.45, 2.75) is 44.9 Å². The van der Waals surface area contributed by atoms with E-state index < -0.39 is 5.82 Å². The van der Waals surface area contributed by atoms with Crippen molar-refractivity contribution in [1.29, 1.82) is 0 Å². The monoisotopic (exact) mass is 475 g/mol. The van der Waals surface area contributed by atoms with Crippen LogP contribution in [0.25, 0.3) is 22.2 Å². The molecule has 0 bridgehead atoms. The summed E-state index contributed by atoms with van der Waals surface area (Å²) in [6.07, 6.45) is 7.42. The third-order valence-electron chi connectivity index (χ3n) is 6.63. The summed E-state index contributed by atoms with van der Waals surface area (Å²) in [5.41, 5.74) is 2.31. The first-order chi connectivity index (χ1) is 16.9. The Morgan fingerprint density at radius 3 is 2.71 bits per heavy atom. The van der Waals surface area contributed by atoms with Gasteiger partial charge in [0.15, 0.2) is 0 Å². The van der Waals surface area contributed by atoms with E-state index in [-0.39, 0.29) is 23.3 Å². The molecular weight excluding hydrogens is 449 g/mol. The summed E-state index contributed by atoms with van der Waals surface area (Å²) in [6.45, 7) is 4.86. The summed E-state index contributed by atoms with van der Waals surface area (Å²) >= 11 is 0. The number of morpholine rings is 1. The van der Waals surface area contributed by atoms with E-state index in [9.17, 15) is 4.79 Å². The molecule has 1 aliphatic carbocycles. The molecule has 3 aromatic heterocycles. The van der Waals surface area contributed by atoms with Gasteiger partial charge in [-0.05, 0) is 44.4 Å². The summed E-state index contributed by atoms with van der Waals surface area (Å²) in [7, 11) is 1.57. The molecule has 0 N–H and O–H groups in total. The number of hydrogen-bond acceptors (Lipinski definition) is 7. The number of anilines is 1. The SMILES string of the molecule is Cc1ccc(-c2nc(N3C[C@@H](C)O[C@@H](c4cnn(C5CC5)c4)C3)nc3c(=O)n(C)ncc23)c(F)c1. The standard InChI is InChI=1S/C25H26FN7O2/c1-14-4-7-18(20(26)8-14)22-19-10-27-31(3)24(34)23(19)30-25(29-22)32-11-15(2)35-21(13-32)16-9-28-33(12-16)17-5-6-17/h4,7-10,12,15,17,21H,5-6,11,13H2,1-3H3/t15-,21-/m1/s1. The van der Waals surface area contributed by atoms with Gasteiger partial charge in [-0.15, -0.1) is 0 Å². The third kappa shape index (κ3) is 3.97. The number of halogens is 1. The Morgan fingerprint density at radius 2 is 1.94 bits per heavy atom. The number of aryl methyl sites for hydroxylation is 2. The normalized spacial score (nSPS) is 20.5. The van der Waals surface area contributed by atoms with Crippen molar-refractivity contribution >= 4 is 16.9 Å². The Bertz CT molecular complexity index is 1490. The van der Waals surface area contributed by atoms with Gasteiger partial charge < -0.3 is 9.64 Å². The van der Waals surface area contributed by atoms with Crippen LogP contribution >= 0.6 is 0 Å². The van der Waals surface area contributed by atoms with Crippen LogP contribution in [0.15, 0.2) is 41.6 Å². The van der Waals surface area contributed by atoms with Gasteiger partial charge in [0.1, 0.15) is 17.4 Å². The minimum atomic E-state index is -0.405. The molecule has 9 nitrogen and oxygen atoms in total. The average Bonchev–Trinajstić information content (AvgIpc) is 3.57. The summed E-state index contributed by atoms with van der Waals surface area (Å²) in [5.74, 6) is -0.0390. The van der Waals surface area contributed by atoms with Crippen molar-refractivity contribution in [3.8, 4) is 11.3 Å². The van der Waals surface area contributed by atoms with E-state index in [1.807, 2.05) is 41.9 Å². The van der Waals surface area contributed by atoms with Gasteiger partial charge in [0.25, 0.3) is 5.56 Å². The van der Waals surface area contributed by atoms with Gasteiger partial charge in [-0.2, -0.15) is 10.2 Å². The molecule has 2 atom stereocenters. The fourth-order valence-corrected chi connectivity index (χ4v) is 4.61. The van der Waals surface area contributed by atoms with Crippen molar-refractivity contribution in [2.24, 2.45) is 7.05 Å². The van der Waals surface area contributed by atoms with Gasteiger partial charge in [-0.1, -0.05) is 6.07 Å². The molecule has 2 fully saturated rings. The molecule has 35 heavy (non-hydrogen) atoms. The third-order valence-corrected chi connectivity index (χ3v) is 6.63. The summed E-state index contributed by atoms with van der Waals surface area (Å²) in [4.78, 5) is 24.4. The van der Waals surface area contributed by atoms with Crippen molar-refractivity contribution in [3.05, 3.63) is 64.1 Å². The van der Waals surface area contributed by atoms with Crippen molar-refractivity contribution in [1.82, 2.24) is 29.5 Å². The lowest BCUT2D eigenvalue weighted by Crippen LogP contribution is -2.43. The van der Waals surface area contributed by atoms with Crippen molar-refractivity contribution in [3.63, 3.8) is 0 Å².